The second-order valence-corrected chi connectivity index (χ2v) is 5.26. The lowest BCUT2D eigenvalue weighted by Crippen LogP contribution is -2.31. The zero-order valence-corrected chi connectivity index (χ0v) is 13.2. The van der Waals surface area contributed by atoms with Crippen molar-refractivity contribution in [3.05, 3.63) is 29.8 Å². The number of hydrogen-bond donors (Lipinski definition) is 1. The van der Waals surface area contributed by atoms with Gasteiger partial charge < -0.3 is 19.7 Å². The molecule has 0 radical (unpaired) electrons. The van der Waals surface area contributed by atoms with Gasteiger partial charge in [-0.1, -0.05) is 12.1 Å². The van der Waals surface area contributed by atoms with E-state index < -0.39 is 11.9 Å². The maximum Gasteiger partial charge on any atom is 0.339 e. The minimum atomic E-state index is -0.523. The highest BCUT2D eigenvalue weighted by Gasteiger charge is 2.34. The summed E-state index contributed by atoms with van der Waals surface area (Å²) in [5.74, 6) is -1.31. The van der Waals surface area contributed by atoms with Gasteiger partial charge >= 0.3 is 5.97 Å². The van der Waals surface area contributed by atoms with E-state index in [1.165, 1.54) is 7.11 Å². The molecular formula is C16H20N2O5. The summed E-state index contributed by atoms with van der Waals surface area (Å²) in [6.07, 6.45) is 0.163. The molecule has 2 rings (SSSR count). The van der Waals surface area contributed by atoms with Gasteiger partial charge in [0.05, 0.1) is 30.9 Å². The first-order valence-corrected chi connectivity index (χ1v) is 7.31. The Bertz CT molecular complexity index is 602. The largest absolute Gasteiger partial charge is 0.465 e. The maximum atomic E-state index is 12.4. The van der Waals surface area contributed by atoms with Crippen LogP contribution >= 0.6 is 0 Å². The Kier molecular flexibility index (Phi) is 5.70. The number of anilines is 1. The van der Waals surface area contributed by atoms with Crippen molar-refractivity contribution in [1.82, 2.24) is 4.90 Å². The van der Waals surface area contributed by atoms with Crippen molar-refractivity contribution >= 4 is 23.5 Å². The van der Waals surface area contributed by atoms with Crippen LogP contribution in [0.5, 0.6) is 0 Å². The minimum Gasteiger partial charge on any atom is -0.465 e. The molecule has 1 aromatic rings. The van der Waals surface area contributed by atoms with Crippen LogP contribution in [0.4, 0.5) is 5.69 Å². The first-order chi connectivity index (χ1) is 11.1. The maximum absolute atomic E-state index is 12.4. The second kappa shape index (κ2) is 7.73. The Morgan fingerprint density at radius 1 is 1.30 bits per heavy atom. The van der Waals surface area contributed by atoms with E-state index in [4.69, 9.17) is 9.47 Å². The summed E-state index contributed by atoms with van der Waals surface area (Å²) >= 11 is 0. The summed E-state index contributed by atoms with van der Waals surface area (Å²) in [6.45, 7) is 1.26. The summed E-state index contributed by atoms with van der Waals surface area (Å²) < 4.78 is 9.65. The van der Waals surface area contributed by atoms with Gasteiger partial charge in [0.25, 0.3) is 0 Å². The van der Waals surface area contributed by atoms with Crippen LogP contribution in [-0.2, 0) is 19.1 Å². The molecule has 1 atom stereocenters. The number of benzene rings is 1. The number of carbonyl (C=O) groups is 3. The first-order valence-electron chi connectivity index (χ1n) is 7.31. The van der Waals surface area contributed by atoms with Crippen molar-refractivity contribution in [3.63, 3.8) is 0 Å². The molecule has 1 heterocycles. The van der Waals surface area contributed by atoms with Gasteiger partial charge in [0.15, 0.2) is 0 Å². The Hall–Kier alpha value is -2.41. The third-order valence-electron chi connectivity index (χ3n) is 3.74. The highest BCUT2D eigenvalue weighted by molar-refractivity contribution is 6.03. The van der Waals surface area contributed by atoms with E-state index >= 15 is 0 Å². The number of methoxy groups -OCH3 is 2. The van der Waals surface area contributed by atoms with Crippen LogP contribution in [0.2, 0.25) is 0 Å². The summed E-state index contributed by atoms with van der Waals surface area (Å²) in [5, 5.41) is 2.71. The monoisotopic (exact) mass is 320 g/mol. The van der Waals surface area contributed by atoms with Gasteiger partial charge in [0.1, 0.15) is 0 Å². The Morgan fingerprint density at radius 3 is 2.74 bits per heavy atom. The van der Waals surface area contributed by atoms with Crippen molar-refractivity contribution in [1.29, 1.82) is 0 Å². The normalized spacial score (nSPS) is 17.2. The first kappa shape index (κ1) is 17.0. The van der Waals surface area contributed by atoms with Crippen LogP contribution in [-0.4, -0.2) is 56.6 Å². The molecular weight excluding hydrogens is 300 g/mol. The summed E-state index contributed by atoms with van der Waals surface area (Å²) in [7, 11) is 2.85. The van der Waals surface area contributed by atoms with Gasteiger partial charge in [0, 0.05) is 26.6 Å². The topological polar surface area (TPSA) is 84.9 Å². The zero-order chi connectivity index (χ0) is 16.8. The van der Waals surface area contributed by atoms with Crippen molar-refractivity contribution in [3.8, 4) is 0 Å². The molecule has 23 heavy (non-hydrogen) atoms. The van der Waals surface area contributed by atoms with Crippen LogP contribution < -0.4 is 5.32 Å². The third kappa shape index (κ3) is 4.07. The number of nitrogens with zero attached hydrogens (tertiary/aromatic N) is 1. The summed E-state index contributed by atoms with van der Waals surface area (Å²) in [5.41, 5.74) is 0.663. The predicted octanol–water partition coefficient (Wildman–Crippen LogP) is 0.907. The van der Waals surface area contributed by atoms with Crippen molar-refractivity contribution < 1.29 is 23.9 Å². The number of ether oxygens (including phenoxy) is 2. The van der Waals surface area contributed by atoms with E-state index in [-0.39, 0.29) is 23.8 Å². The van der Waals surface area contributed by atoms with Gasteiger partial charge in [-0.15, -0.1) is 0 Å². The van der Waals surface area contributed by atoms with Crippen LogP contribution in [0, 0.1) is 5.92 Å². The van der Waals surface area contributed by atoms with Crippen molar-refractivity contribution in [2.24, 2.45) is 5.92 Å². The standard InChI is InChI=1S/C16H20N2O5/c1-22-8-7-18-10-11(9-14(18)19)15(20)17-13-6-4-3-5-12(13)16(21)23-2/h3-6,11H,7-10H2,1-2H3,(H,17,20). The van der Waals surface area contributed by atoms with Gasteiger partial charge in [0.2, 0.25) is 11.8 Å². The molecule has 7 nitrogen and oxygen atoms in total. The molecule has 2 amide bonds. The van der Waals surface area contributed by atoms with E-state index in [9.17, 15) is 14.4 Å². The molecule has 1 aliphatic heterocycles. The molecule has 1 fully saturated rings. The van der Waals surface area contributed by atoms with E-state index in [1.807, 2.05) is 0 Å². The molecule has 0 spiro atoms. The number of para-hydroxylation sites is 1. The molecule has 0 aliphatic carbocycles. The van der Waals surface area contributed by atoms with E-state index in [1.54, 1.807) is 36.3 Å². The average Bonchev–Trinajstić information content (AvgIpc) is 2.93. The Labute approximate surface area is 134 Å². The van der Waals surface area contributed by atoms with E-state index in [0.29, 0.717) is 25.4 Å². The minimum absolute atomic E-state index is 0.0662. The average molecular weight is 320 g/mol. The van der Waals surface area contributed by atoms with Crippen LogP contribution in [0.15, 0.2) is 24.3 Å². The molecule has 1 unspecified atom stereocenters. The molecule has 124 valence electrons. The lowest BCUT2D eigenvalue weighted by molar-refractivity contribution is -0.128. The number of rotatable bonds is 6. The zero-order valence-electron chi connectivity index (χ0n) is 13.2. The smallest absolute Gasteiger partial charge is 0.339 e. The van der Waals surface area contributed by atoms with Crippen molar-refractivity contribution in [2.45, 2.75) is 6.42 Å². The molecule has 1 aromatic carbocycles. The summed E-state index contributed by atoms with van der Waals surface area (Å²) in [4.78, 5) is 37.6. The number of amides is 2. The molecule has 0 bridgehead atoms. The molecule has 0 saturated carbocycles. The number of esters is 1. The highest BCUT2D eigenvalue weighted by atomic mass is 16.5. The number of likely N-dealkylation sites (tertiary alicyclic amines) is 1. The number of carbonyl (C=O) groups excluding carboxylic acids is 3. The quantitative estimate of drug-likeness (QED) is 0.788. The number of hydrogen-bond acceptors (Lipinski definition) is 5. The predicted molar refractivity (Wildman–Crippen MR) is 83.0 cm³/mol. The molecule has 1 saturated heterocycles. The number of nitrogens with one attached hydrogen (secondary N) is 1. The van der Waals surface area contributed by atoms with Gasteiger partial charge in [-0.05, 0) is 12.1 Å². The fourth-order valence-corrected chi connectivity index (χ4v) is 2.48. The molecule has 7 heteroatoms. The van der Waals surface area contributed by atoms with Gasteiger partial charge in [-0.2, -0.15) is 0 Å². The molecule has 1 N–H and O–H groups in total. The highest BCUT2D eigenvalue weighted by Crippen LogP contribution is 2.22. The van der Waals surface area contributed by atoms with E-state index in [0.717, 1.165) is 0 Å². The second-order valence-electron chi connectivity index (χ2n) is 5.26. The van der Waals surface area contributed by atoms with Gasteiger partial charge in [-0.3, -0.25) is 9.59 Å². The van der Waals surface area contributed by atoms with Crippen molar-refractivity contribution in [2.75, 3.05) is 39.2 Å². The fourth-order valence-electron chi connectivity index (χ4n) is 2.48. The fraction of sp³-hybridized carbons (Fsp3) is 0.438. The van der Waals surface area contributed by atoms with Crippen LogP contribution in [0.25, 0.3) is 0 Å². The van der Waals surface area contributed by atoms with Crippen LogP contribution in [0.3, 0.4) is 0 Å². The molecule has 1 aliphatic rings. The Balaban J connectivity index is 2.03. The molecule has 0 aromatic heterocycles. The van der Waals surface area contributed by atoms with Gasteiger partial charge in [-0.25, -0.2) is 4.79 Å². The van der Waals surface area contributed by atoms with E-state index in [2.05, 4.69) is 5.32 Å². The SMILES string of the molecule is COCCN1CC(C(=O)Nc2ccccc2C(=O)OC)CC1=O. The lowest BCUT2D eigenvalue weighted by atomic mass is 10.1. The third-order valence-corrected chi connectivity index (χ3v) is 3.74. The lowest BCUT2D eigenvalue weighted by Gasteiger charge is -2.16. The summed E-state index contributed by atoms with van der Waals surface area (Å²) in [6, 6.07) is 6.61. The van der Waals surface area contributed by atoms with Crippen LogP contribution in [0.1, 0.15) is 16.8 Å². The Morgan fingerprint density at radius 2 is 2.04 bits per heavy atom.